The third kappa shape index (κ3) is 2.61. The van der Waals surface area contributed by atoms with Crippen LogP contribution in [0.3, 0.4) is 0 Å². The van der Waals surface area contributed by atoms with E-state index in [1.807, 2.05) is 32.9 Å². The zero-order chi connectivity index (χ0) is 12.1. The fourth-order valence-corrected chi connectivity index (χ4v) is 1.60. The molecule has 0 atom stereocenters. The van der Waals surface area contributed by atoms with Crippen molar-refractivity contribution in [3.05, 3.63) is 28.8 Å². The summed E-state index contributed by atoms with van der Waals surface area (Å²) in [6.45, 7) is 6.83. The highest BCUT2D eigenvalue weighted by atomic mass is 16.5. The minimum Gasteiger partial charge on any atom is -0.493 e. The summed E-state index contributed by atoms with van der Waals surface area (Å²) in [5.41, 5.74) is 2.85. The first-order valence-corrected chi connectivity index (χ1v) is 5.52. The first-order valence-electron chi connectivity index (χ1n) is 5.52. The Labute approximate surface area is 96.8 Å². The summed E-state index contributed by atoms with van der Waals surface area (Å²) >= 11 is 0. The maximum Gasteiger partial charge on any atom is 0.180 e. The Morgan fingerprint density at radius 3 is 2.62 bits per heavy atom. The monoisotopic (exact) mass is 221 g/mol. The quantitative estimate of drug-likeness (QED) is 0.774. The van der Waals surface area contributed by atoms with Crippen molar-refractivity contribution in [1.29, 1.82) is 0 Å². The van der Waals surface area contributed by atoms with Gasteiger partial charge in [0.25, 0.3) is 0 Å². The van der Waals surface area contributed by atoms with Crippen molar-refractivity contribution in [2.45, 2.75) is 20.8 Å². The number of rotatable bonds is 5. The molecule has 1 aromatic rings. The van der Waals surface area contributed by atoms with E-state index in [2.05, 4.69) is 5.32 Å². The molecule has 0 bridgehead atoms. The Bertz CT molecular complexity index is 386. The van der Waals surface area contributed by atoms with Crippen LogP contribution in [0.4, 0.5) is 0 Å². The van der Waals surface area contributed by atoms with Crippen molar-refractivity contribution < 1.29 is 9.53 Å². The van der Waals surface area contributed by atoms with Gasteiger partial charge in [0.05, 0.1) is 18.7 Å². The van der Waals surface area contributed by atoms with E-state index < -0.39 is 0 Å². The molecule has 0 spiro atoms. The van der Waals surface area contributed by atoms with Crippen LogP contribution in [-0.2, 0) is 0 Å². The van der Waals surface area contributed by atoms with Crippen LogP contribution in [-0.4, -0.2) is 26.0 Å². The minimum absolute atomic E-state index is 0.0639. The lowest BCUT2D eigenvalue weighted by Gasteiger charge is -2.14. The molecule has 0 unspecified atom stereocenters. The average molecular weight is 221 g/mol. The fourth-order valence-electron chi connectivity index (χ4n) is 1.60. The molecular weight excluding hydrogens is 202 g/mol. The molecule has 0 aromatic heterocycles. The van der Waals surface area contributed by atoms with E-state index in [9.17, 15) is 4.79 Å². The van der Waals surface area contributed by atoms with Gasteiger partial charge in [0.15, 0.2) is 5.78 Å². The Morgan fingerprint density at radius 1 is 1.38 bits per heavy atom. The molecule has 0 aliphatic rings. The van der Waals surface area contributed by atoms with E-state index in [1.54, 1.807) is 7.05 Å². The summed E-state index contributed by atoms with van der Waals surface area (Å²) in [4.78, 5) is 11.9. The molecule has 1 N–H and O–H groups in total. The lowest BCUT2D eigenvalue weighted by atomic mass is 10.0. The van der Waals surface area contributed by atoms with Crippen LogP contribution in [0.15, 0.2) is 12.1 Å². The van der Waals surface area contributed by atoms with E-state index in [4.69, 9.17) is 4.74 Å². The smallest absolute Gasteiger partial charge is 0.180 e. The normalized spacial score (nSPS) is 10.2. The second-order valence-corrected chi connectivity index (χ2v) is 3.77. The highest BCUT2D eigenvalue weighted by Crippen LogP contribution is 2.26. The van der Waals surface area contributed by atoms with Crippen molar-refractivity contribution in [1.82, 2.24) is 5.32 Å². The van der Waals surface area contributed by atoms with Crippen LogP contribution in [0, 0.1) is 13.8 Å². The van der Waals surface area contributed by atoms with Gasteiger partial charge in [-0.05, 0) is 45.0 Å². The molecule has 0 saturated carbocycles. The summed E-state index contributed by atoms with van der Waals surface area (Å²) < 4.78 is 5.57. The van der Waals surface area contributed by atoms with Gasteiger partial charge in [-0.15, -0.1) is 0 Å². The van der Waals surface area contributed by atoms with Gasteiger partial charge in [0.2, 0.25) is 0 Å². The zero-order valence-corrected chi connectivity index (χ0v) is 10.4. The lowest BCUT2D eigenvalue weighted by Crippen LogP contribution is -2.19. The van der Waals surface area contributed by atoms with Gasteiger partial charge in [0, 0.05) is 0 Å². The number of likely N-dealkylation sites (N-methyl/N-ethyl adjacent to an activating group) is 1. The van der Waals surface area contributed by atoms with Gasteiger partial charge in [-0.25, -0.2) is 0 Å². The van der Waals surface area contributed by atoms with Gasteiger partial charge in [-0.3, -0.25) is 4.79 Å². The van der Waals surface area contributed by atoms with E-state index in [0.29, 0.717) is 18.7 Å². The van der Waals surface area contributed by atoms with Crippen LogP contribution in [0.5, 0.6) is 5.75 Å². The number of carbonyl (C=O) groups excluding carboxylic acids is 1. The lowest BCUT2D eigenvalue weighted by molar-refractivity contribution is 0.0990. The van der Waals surface area contributed by atoms with Crippen molar-refractivity contribution >= 4 is 5.78 Å². The number of nitrogens with one attached hydrogen (secondary N) is 1. The molecule has 1 rings (SSSR count). The first kappa shape index (κ1) is 12.7. The van der Waals surface area contributed by atoms with Gasteiger partial charge in [-0.2, -0.15) is 0 Å². The predicted molar refractivity (Wildman–Crippen MR) is 65.3 cm³/mol. The van der Waals surface area contributed by atoms with Crippen LogP contribution in [0.2, 0.25) is 0 Å². The maximum absolute atomic E-state index is 11.9. The Morgan fingerprint density at radius 2 is 2.06 bits per heavy atom. The van der Waals surface area contributed by atoms with Crippen LogP contribution >= 0.6 is 0 Å². The highest BCUT2D eigenvalue weighted by Gasteiger charge is 2.14. The minimum atomic E-state index is 0.0639. The molecule has 0 heterocycles. The molecule has 1 aromatic carbocycles. The molecular formula is C13H19NO2. The van der Waals surface area contributed by atoms with Gasteiger partial charge < -0.3 is 10.1 Å². The summed E-state index contributed by atoms with van der Waals surface area (Å²) in [6.07, 6.45) is 0. The molecule has 16 heavy (non-hydrogen) atoms. The third-order valence-electron chi connectivity index (χ3n) is 2.60. The van der Waals surface area contributed by atoms with E-state index in [1.165, 1.54) is 0 Å². The Hall–Kier alpha value is -1.35. The summed E-state index contributed by atoms with van der Waals surface area (Å²) in [5.74, 6) is 0.789. The molecule has 0 saturated heterocycles. The maximum atomic E-state index is 11.9. The predicted octanol–water partition coefficient (Wildman–Crippen LogP) is 2.10. The number of carbonyl (C=O) groups is 1. The van der Waals surface area contributed by atoms with Gasteiger partial charge in [-0.1, -0.05) is 6.07 Å². The standard InChI is InChI=1S/C13H19NO2/c1-5-16-13-10(3)9(2)6-7-11(13)12(15)8-14-4/h6-7,14H,5,8H2,1-4H3. The van der Waals surface area contributed by atoms with Crippen LogP contribution < -0.4 is 10.1 Å². The van der Waals surface area contributed by atoms with Crippen molar-refractivity contribution in [2.75, 3.05) is 20.2 Å². The first-order chi connectivity index (χ1) is 7.61. The van der Waals surface area contributed by atoms with E-state index in [-0.39, 0.29) is 5.78 Å². The fraction of sp³-hybridized carbons (Fsp3) is 0.462. The second kappa shape index (κ2) is 5.66. The van der Waals surface area contributed by atoms with Crippen molar-refractivity contribution in [3.63, 3.8) is 0 Å². The van der Waals surface area contributed by atoms with E-state index >= 15 is 0 Å². The number of benzene rings is 1. The molecule has 0 amide bonds. The second-order valence-electron chi connectivity index (χ2n) is 3.77. The topological polar surface area (TPSA) is 38.3 Å². The number of aryl methyl sites for hydroxylation is 1. The molecule has 0 fully saturated rings. The zero-order valence-electron chi connectivity index (χ0n) is 10.4. The highest BCUT2D eigenvalue weighted by molar-refractivity contribution is 6.00. The average Bonchev–Trinajstić information content (AvgIpc) is 2.25. The largest absolute Gasteiger partial charge is 0.493 e. The number of hydrogen-bond donors (Lipinski definition) is 1. The summed E-state index contributed by atoms with van der Waals surface area (Å²) in [7, 11) is 1.76. The van der Waals surface area contributed by atoms with Gasteiger partial charge >= 0.3 is 0 Å². The SMILES string of the molecule is CCOc1c(C(=O)CNC)ccc(C)c1C. The molecule has 3 nitrogen and oxygen atoms in total. The number of ketones is 1. The van der Waals surface area contributed by atoms with Crippen molar-refractivity contribution in [2.24, 2.45) is 0 Å². The molecule has 0 aliphatic heterocycles. The number of Topliss-reactive ketones (excluding diaryl/α,β-unsaturated/α-hetero) is 1. The number of hydrogen-bond acceptors (Lipinski definition) is 3. The van der Waals surface area contributed by atoms with Gasteiger partial charge in [0.1, 0.15) is 5.75 Å². The Kier molecular flexibility index (Phi) is 4.50. The third-order valence-corrected chi connectivity index (χ3v) is 2.60. The molecule has 3 heteroatoms. The molecule has 0 radical (unpaired) electrons. The number of ether oxygens (including phenoxy) is 1. The van der Waals surface area contributed by atoms with Crippen molar-refractivity contribution in [3.8, 4) is 5.75 Å². The van der Waals surface area contributed by atoms with Crippen LogP contribution in [0.1, 0.15) is 28.4 Å². The summed E-state index contributed by atoms with van der Waals surface area (Å²) in [5, 5.41) is 2.86. The Balaban J connectivity index is 3.17. The van der Waals surface area contributed by atoms with Crippen LogP contribution in [0.25, 0.3) is 0 Å². The molecule has 0 aliphatic carbocycles. The van der Waals surface area contributed by atoms with E-state index in [0.717, 1.165) is 16.9 Å². The summed E-state index contributed by atoms with van der Waals surface area (Å²) in [6, 6.07) is 3.80. The molecule has 88 valence electrons.